The SMILES string of the molecule is CC1(C)CN(CCC(CSc2ccccc2)Nc2ccc(S(=O)(=O)Nc3ncnc4cc(N5CCN(Cc6cc(Cl)ccc6-c6ccccc6)CC5)ccc34)cc2C(F)(F)F)C=N1. The second-order valence-corrected chi connectivity index (χ2v) is 19.7. The van der Waals surface area contributed by atoms with Crippen LogP contribution in [0.3, 0.4) is 0 Å². The van der Waals surface area contributed by atoms with Crippen LogP contribution in [0.15, 0.2) is 136 Å². The normalized spacial score (nSPS) is 16.1. The molecule has 6 aromatic rings. The predicted molar refractivity (Wildman–Crippen MR) is 250 cm³/mol. The van der Waals surface area contributed by atoms with E-state index in [0.717, 1.165) is 60.0 Å². The second-order valence-electron chi connectivity index (χ2n) is 16.4. The van der Waals surface area contributed by atoms with Crippen LogP contribution in [0.25, 0.3) is 22.0 Å². The van der Waals surface area contributed by atoms with E-state index in [1.54, 1.807) is 12.4 Å². The number of aromatic nitrogens is 2. The molecule has 1 aromatic heterocycles. The van der Waals surface area contributed by atoms with Crippen molar-refractivity contribution in [1.29, 1.82) is 0 Å². The van der Waals surface area contributed by atoms with E-state index in [0.29, 0.717) is 47.3 Å². The maximum Gasteiger partial charge on any atom is 0.418 e. The number of hydrogen-bond donors (Lipinski definition) is 2. The van der Waals surface area contributed by atoms with E-state index < -0.39 is 26.7 Å². The van der Waals surface area contributed by atoms with Crippen molar-refractivity contribution < 1.29 is 21.6 Å². The van der Waals surface area contributed by atoms with E-state index >= 15 is 0 Å². The van der Waals surface area contributed by atoms with Crippen molar-refractivity contribution >= 4 is 67.8 Å². The lowest BCUT2D eigenvalue weighted by molar-refractivity contribution is -0.137. The quantitative estimate of drug-likeness (QED) is 0.0975. The Kier molecular flexibility index (Phi) is 13.2. The molecule has 10 nitrogen and oxygen atoms in total. The summed E-state index contributed by atoms with van der Waals surface area (Å²) in [7, 11) is -4.52. The number of nitrogens with zero attached hydrogens (tertiary/aromatic N) is 6. The first-order valence-corrected chi connectivity index (χ1v) is 23.6. The Hall–Kier alpha value is -5.35. The zero-order valence-electron chi connectivity index (χ0n) is 34.9. The molecule has 16 heteroatoms. The van der Waals surface area contributed by atoms with Crippen molar-refractivity contribution in [1.82, 2.24) is 19.8 Å². The Bertz CT molecular complexity index is 2680. The molecule has 3 heterocycles. The third-order valence-corrected chi connectivity index (χ3v) is 14.0. The van der Waals surface area contributed by atoms with E-state index in [-0.39, 0.29) is 23.1 Å². The van der Waals surface area contributed by atoms with E-state index in [2.05, 4.69) is 57.9 Å². The number of sulfonamides is 1. The van der Waals surface area contributed by atoms with Crippen molar-refractivity contribution in [2.45, 2.75) is 54.4 Å². The highest BCUT2D eigenvalue weighted by atomic mass is 35.5. The molecule has 2 aliphatic heterocycles. The Balaban J connectivity index is 0.954. The molecule has 2 aliphatic rings. The molecule has 0 bridgehead atoms. The first-order valence-electron chi connectivity index (χ1n) is 20.7. The van der Waals surface area contributed by atoms with Gasteiger partial charge in [-0.25, -0.2) is 18.4 Å². The molecule has 1 saturated heterocycles. The minimum absolute atomic E-state index is 0.0329. The highest BCUT2D eigenvalue weighted by Crippen LogP contribution is 2.38. The summed E-state index contributed by atoms with van der Waals surface area (Å²) in [6.45, 7) is 9.23. The molecule has 2 N–H and O–H groups in total. The van der Waals surface area contributed by atoms with E-state index in [1.807, 2.05) is 86.6 Å². The van der Waals surface area contributed by atoms with Crippen LogP contribution in [0.4, 0.5) is 30.4 Å². The Morgan fingerprint density at radius 3 is 2.33 bits per heavy atom. The van der Waals surface area contributed by atoms with Gasteiger partial charge < -0.3 is 15.1 Å². The smallest absolute Gasteiger partial charge is 0.381 e. The average Bonchev–Trinajstić information content (AvgIpc) is 3.63. The molecule has 1 unspecified atom stereocenters. The van der Waals surface area contributed by atoms with Gasteiger partial charge >= 0.3 is 6.18 Å². The number of piperazine rings is 1. The number of alkyl halides is 3. The third kappa shape index (κ3) is 11.1. The molecule has 0 radical (unpaired) electrons. The summed E-state index contributed by atoms with van der Waals surface area (Å²) in [4.78, 5) is 20.3. The largest absolute Gasteiger partial charge is 0.418 e. The van der Waals surface area contributed by atoms with Crippen LogP contribution >= 0.6 is 23.4 Å². The topological polar surface area (TPSA) is 106 Å². The van der Waals surface area contributed by atoms with Gasteiger partial charge in [0.2, 0.25) is 0 Å². The number of fused-ring (bicyclic) bond motifs is 1. The van der Waals surface area contributed by atoms with Crippen molar-refractivity contribution in [3.8, 4) is 11.1 Å². The summed E-state index contributed by atoms with van der Waals surface area (Å²) in [6, 6.07) is 34.1. The molecule has 1 atom stereocenters. The second kappa shape index (κ2) is 18.8. The van der Waals surface area contributed by atoms with Gasteiger partial charge in [0.15, 0.2) is 5.82 Å². The lowest BCUT2D eigenvalue weighted by Gasteiger charge is -2.36. The molecule has 328 valence electrons. The van der Waals surface area contributed by atoms with Gasteiger partial charge in [-0.15, -0.1) is 11.8 Å². The first-order chi connectivity index (χ1) is 30.2. The minimum Gasteiger partial charge on any atom is -0.381 e. The number of halogens is 4. The number of hydrogen-bond acceptors (Lipinski definition) is 10. The molecular weight excluding hydrogens is 865 g/mol. The number of anilines is 3. The zero-order chi connectivity index (χ0) is 44.2. The van der Waals surface area contributed by atoms with Gasteiger partial charge in [-0.2, -0.15) is 13.2 Å². The average molecular weight is 914 g/mol. The molecule has 0 spiro atoms. The highest BCUT2D eigenvalue weighted by Gasteiger charge is 2.36. The van der Waals surface area contributed by atoms with Crippen molar-refractivity contribution in [3.05, 3.63) is 138 Å². The van der Waals surface area contributed by atoms with E-state index in [1.165, 1.54) is 30.2 Å². The van der Waals surface area contributed by atoms with Crippen molar-refractivity contribution in [2.24, 2.45) is 4.99 Å². The molecular formula is C47H48ClF3N8O2S2. The van der Waals surface area contributed by atoms with E-state index in [4.69, 9.17) is 11.6 Å². The maximum atomic E-state index is 14.8. The minimum atomic E-state index is -4.85. The number of rotatable bonds is 15. The summed E-state index contributed by atoms with van der Waals surface area (Å²) in [5.74, 6) is 0.449. The lowest BCUT2D eigenvalue weighted by atomic mass is 9.99. The lowest BCUT2D eigenvalue weighted by Crippen LogP contribution is -2.46. The number of aliphatic imine (C=N–C) groups is 1. The first kappa shape index (κ1) is 44.3. The molecule has 0 saturated carbocycles. The van der Waals surface area contributed by atoms with Gasteiger partial charge in [0.1, 0.15) is 6.33 Å². The van der Waals surface area contributed by atoms with Crippen LogP contribution < -0.4 is 14.9 Å². The van der Waals surface area contributed by atoms with Crippen LogP contribution in [-0.2, 0) is 22.7 Å². The summed E-state index contributed by atoms with van der Waals surface area (Å²) in [6.07, 6.45) is -1.28. The zero-order valence-corrected chi connectivity index (χ0v) is 37.3. The summed E-state index contributed by atoms with van der Waals surface area (Å²) in [5, 5.41) is 4.23. The standard InChI is InChI=1S/C47H48ClF3N8O2S2/c1-46(2)30-58(32-54-46)20-19-36(29-62-38-11-7-4-8-12-38)55-43-18-15-39(27-42(43)47(49,50)51)63(60,61)56-45-41-17-14-37(26-44(41)52-31-53-45)59-23-21-57(22-24-59)28-34-25-35(48)13-16-40(34)33-9-5-3-6-10-33/h3-18,25-27,31-32,36,55H,19-24,28-30H2,1-2H3,(H,52,53,56). The molecule has 63 heavy (non-hydrogen) atoms. The summed E-state index contributed by atoms with van der Waals surface area (Å²) < 4.78 is 74.3. The van der Waals surface area contributed by atoms with Crippen LogP contribution in [0.5, 0.6) is 0 Å². The maximum absolute atomic E-state index is 14.8. The molecule has 0 aliphatic carbocycles. The van der Waals surface area contributed by atoms with Gasteiger partial charge in [0.25, 0.3) is 10.0 Å². The van der Waals surface area contributed by atoms with Crippen LogP contribution in [0, 0.1) is 0 Å². The van der Waals surface area contributed by atoms with Gasteiger partial charge in [-0.05, 0) is 97.6 Å². The third-order valence-electron chi connectivity index (χ3n) is 11.2. The highest BCUT2D eigenvalue weighted by molar-refractivity contribution is 7.99. The summed E-state index contributed by atoms with van der Waals surface area (Å²) >= 11 is 7.97. The Labute approximate surface area is 375 Å². The van der Waals surface area contributed by atoms with Crippen LogP contribution in [0.2, 0.25) is 5.02 Å². The Morgan fingerprint density at radius 1 is 0.873 bits per heavy atom. The molecule has 5 aromatic carbocycles. The van der Waals surface area contributed by atoms with Gasteiger partial charge in [0, 0.05) is 84.3 Å². The molecule has 1 fully saturated rings. The van der Waals surface area contributed by atoms with Crippen molar-refractivity contribution in [2.75, 3.05) is 60.0 Å². The fourth-order valence-corrected chi connectivity index (χ4v) is 10.2. The summed E-state index contributed by atoms with van der Waals surface area (Å²) in [5.41, 5.74) is 3.36. The number of thioether (sulfide) groups is 1. The van der Waals surface area contributed by atoms with E-state index in [9.17, 15) is 21.6 Å². The number of benzene rings is 5. The molecule has 8 rings (SSSR count). The predicted octanol–water partition coefficient (Wildman–Crippen LogP) is 10.2. The van der Waals surface area contributed by atoms with Crippen LogP contribution in [-0.4, -0.2) is 91.1 Å². The van der Waals surface area contributed by atoms with Gasteiger partial charge in [-0.1, -0.05) is 66.2 Å². The fraction of sp³-hybridized carbons (Fsp3) is 0.298. The molecule has 0 amide bonds. The van der Waals surface area contributed by atoms with Crippen molar-refractivity contribution in [3.63, 3.8) is 0 Å². The Morgan fingerprint density at radius 2 is 1.62 bits per heavy atom. The van der Waals surface area contributed by atoms with Crippen LogP contribution in [0.1, 0.15) is 31.4 Å². The fourth-order valence-electron chi connectivity index (χ4n) is 7.96. The monoisotopic (exact) mass is 912 g/mol. The van der Waals surface area contributed by atoms with Gasteiger partial charge in [-0.3, -0.25) is 14.6 Å². The van der Waals surface area contributed by atoms with Gasteiger partial charge in [0.05, 0.1) is 27.9 Å². The number of nitrogens with one attached hydrogen (secondary N) is 2.